The molecule has 3 aliphatic heterocycles. The molecule has 1 aromatic heterocycles. The first-order valence-corrected chi connectivity index (χ1v) is 9.54. The number of amides is 2. The summed E-state index contributed by atoms with van der Waals surface area (Å²) in [6, 6.07) is 3.88. The normalized spacial score (nSPS) is 31.3. The van der Waals surface area contributed by atoms with Gasteiger partial charge in [0, 0.05) is 4.88 Å². The second-order valence-electron chi connectivity index (χ2n) is 6.70. The maximum absolute atomic E-state index is 12.9. The number of esters is 1. The van der Waals surface area contributed by atoms with Gasteiger partial charge in [0.2, 0.25) is 11.8 Å². The van der Waals surface area contributed by atoms with E-state index in [0.29, 0.717) is 6.54 Å². The smallest absolute Gasteiger partial charge is 0.325 e. The number of ether oxygens (including phenoxy) is 2. The zero-order chi connectivity index (χ0) is 18.3. The van der Waals surface area contributed by atoms with Gasteiger partial charge in [0.1, 0.15) is 12.1 Å². The van der Waals surface area contributed by atoms with Gasteiger partial charge in [0.05, 0.1) is 37.6 Å². The Hall–Kier alpha value is -2.19. The van der Waals surface area contributed by atoms with Crippen LogP contribution in [0.4, 0.5) is 0 Å². The molecule has 0 saturated carbocycles. The fourth-order valence-corrected chi connectivity index (χ4v) is 4.72. The predicted octanol–water partition coefficient (Wildman–Crippen LogP) is 0.709. The van der Waals surface area contributed by atoms with Crippen LogP contribution in [0.15, 0.2) is 29.7 Å². The van der Waals surface area contributed by atoms with Crippen LogP contribution in [-0.4, -0.2) is 54.1 Å². The molecule has 8 heteroatoms. The van der Waals surface area contributed by atoms with Crippen molar-refractivity contribution < 1.29 is 23.9 Å². The van der Waals surface area contributed by atoms with Gasteiger partial charge < -0.3 is 19.7 Å². The van der Waals surface area contributed by atoms with Crippen LogP contribution in [0, 0.1) is 11.8 Å². The average molecular weight is 376 g/mol. The van der Waals surface area contributed by atoms with Crippen molar-refractivity contribution >= 4 is 29.1 Å². The Kier molecular flexibility index (Phi) is 4.32. The Morgan fingerprint density at radius 3 is 3.08 bits per heavy atom. The van der Waals surface area contributed by atoms with Crippen molar-refractivity contribution in [3.8, 4) is 0 Å². The predicted molar refractivity (Wildman–Crippen MR) is 93.1 cm³/mol. The third-order valence-electron chi connectivity index (χ3n) is 5.12. The number of thiophene rings is 1. The van der Waals surface area contributed by atoms with Crippen LogP contribution in [0.3, 0.4) is 0 Å². The molecule has 26 heavy (non-hydrogen) atoms. The highest BCUT2D eigenvalue weighted by atomic mass is 32.1. The topological polar surface area (TPSA) is 84.9 Å². The van der Waals surface area contributed by atoms with Crippen molar-refractivity contribution in [2.75, 3.05) is 19.7 Å². The second kappa shape index (κ2) is 6.51. The van der Waals surface area contributed by atoms with E-state index in [2.05, 4.69) is 5.32 Å². The minimum atomic E-state index is -0.806. The summed E-state index contributed by atoms with van der Waals surface area (Å²) < 4.78 is 10.9. The zero-order valence-electron chi connectivity index (χ0n) is 14.3. The Labute approximate surface area is 154 Å². The molecule has 2 saturated heterocycles. The highest BCUT2D eigenvalue weighted by molar-refractivity contribution is 7.09. The minimum Gasteiger partial charge on any atom is -0.465 e. The molecule has 1 spiro atoms. The molecule has 3 aliphatic rings. The Morgan fingerprint density at radius 1 is 1.50 bits per heavy atom. The number of hydrogen-bond acceptors (Lipinski definition) is 6. The van der Waals surface area contributed by atoms with Gasteiger partial charge in [0.15, 0.2) is 0 Å². The molecule has 1 aromatic rings. The van der Waals surface area contributed by atoms with E-state index in [1.54, 1.807) is 18.3 Å². The molecular weight excluding hydrogens is 356 g/mol. The van der Waals surface area contributed by atoms with Crippen LogP contribution in [0.25, 0.3) is 0 Å². The van der Waals surface area contributed by atoms with Gasteiger partial charge in [-0.05, 0) is 18.4 Å². The number of nitrogens with one attached hydrogen (secondary N) is 1. The van der Waals surface area contributed by atoms with Crippen LogP contribution >= 0.6 is 11.3 Å². The van der Waals surface area contributed by atoms with Crippen molar-refractivity contribution in [2.45, 2.75) is 25.2 Å². The second-order valence-corrected chi connectivity index (χ2v) is 7.73. The van der Waals surface area contributed by atoms with Gasteiger partial charge in [-0.1, -0.05) is 18.2 Å². The molecule has 0 aliphatic carbocycles. The van der Waals surface area contributed by atoms with Crippen LogP contribution in [-0.2, 0) is 30.4 Å². The summed E-state index contributed by atoms with van der Waals surface area (Å²) in [5.74, 6) is -2.02. The molecule has 4 atom stereocenters. The fourth-order valence-electron chi connectivity index (χ4n) is 4.08. The number of likely N-dealkylation sites (tertiary alicyclic amines) is 1. The van der Waals surface area contributed by atoms with E-state index < -0.39 is 29.5 Å². The monoisotopic (exact) mass is 376 g/mol. The van der Waals surface area contributed by atoms with E-state index >= 15 is 0 Å². The summed E-state index contributed by atoms with van der Waals surface area (Å²) in [5.41, 5.74) is -0.806. The van der Waals surface area contributed by atoms with Crippen molar-refractivity contribution in [2.24, 2.45) is 11.8 Å². The molecular formula is C18H20N2O5S. The van der Waals surface area contributed by atoms with Gasteiger partial charge >= 0.3 is 5.97 Å². The third-order valence-corrected chi connectivity index (χ3v) is 6.00. The summed E-state index contributed by atoms with van der Waals surface area (Å²) in [4.78, 5) is 39.9. The van der Waals surface area contributed by atoms with Gasteiger partial charge in [0.25, 0.3) is 0 Å². The third kappa shape index (κ3) is 2.73. The maximum Gasteiger partial charge on any atom is 0.325 e. The lowest BCUT2D eigenvalue weighted by Crippen LogP contribution is -2.44. The molecule has 2 bridgehead atoms. The van der Waals surface area contributed by atoms with Crippen LogP contribution in [0.1, 0.15) is 11.8 Å². The zero-order valence-corrected chi connectivity index (χ0v) is 15.2. The van der Waals surface area contributed by atoms with Crippen LogP contribution < -0.4 is 5.32 Å². The molecule has 4 heterocycles. The maximum atomic E-state index is 12.9. The first kappa shape index (κ1) is 17.2. The van der Waals surface area contributed by atoms with Crippen molar-refractivity contribution in [3.63, 3.8) is 0 Å². The Bertz CT molecular complexity index is 762. The fraction of sp³-hybridized carbons (Fsp3) is 0.500. The summed E-state index contributed by atoms with van der Waals surface area (Å²) in [7, 11) is 0. The van der Waals surface area contributed by atoms with Gasteiger partial charge in [-0.2, -0.15) is 0 Å². The first-order valence-electron chi connectivity index (χ1n) is 8.66. The molecule has 1 N–H and O–H groups in total. The van der Waals surface area contributed by atoms with Crippen LogP contribution in [0.5, 0.6) is 0 Å². The number of carbonyl (C=O) groups excluding carboxylic acids is 3. The summed E-state index contributed by atoms with van der Waals surface area (Å²) >= 11 is 1.57. The van der Waals surface area contributed by atoms with Crippen molar-refractivity contribution in [3.05, 3.63) is 34.5 Å². The molecule has 7 nitrogen and oxygen atoms in total. The number of hydrogen-bond donors (Lipinski definition) is 1. The lowest BCUT2D eigenvalue weighted by molar-refractivity contribution is -0.149. The quantitative estimate of drug-likeness (QED) is 0.584. The van der Waals surface area contributed by atoms with Crippen molar-refractivity contribution in [1.82, 2.24) is 10.2 Å². The van der Waals surface area contributed by atoms with Crippen LogP contribution in [0.2, 0.25) is 0 Å². The van der Waals surface area contributed by atoms with Gasteiger partial charge in [-0.25, -0.2) is 0 Å². The molecule has 0 radical (unpaired) electrons. The summed E-state index contributed by atoms with van der Waals surface area (Å²) in [6.45, 7) is 2.58. The standard InChI is InChI=1S/C18H20N2O5S/c1-2-24-13(21)9-20-10-18-6-5-12(25-18)14(15(18)17(20)23)16(22)19-8-11-4-3-7-26-11/h3-7,12,14-15H,2,8-10H2,1H3,(H,19,22)/t12-,14?,15-,18?/m1/s1. The average Bonchev–Trinajstić information content (AvgIpc) is 3.36. The number of nitrogens with zero attached hydrogens (tertiary/aromatic N) is 1. The first-order chi connectivity index (χ1) is 12.5. The lowest BCUT2D eigenvalue weighted by atomic mass is 9.77. The molecule has 2 amide bonds. The number of rotatable bonds is 6. The SMILES string of the molecule is CCOC(=O)CN1CC23C=C[C@@H](O2)C(C(=O)NCc2cccs2)[C@@H]3C1=O. The minimum absolute atomic E-state index is 0.115. The van der Waals surface area contributed by atoms with E-state index in [1.165, 1.54) is 4.90 Å². The summed E-state index contributed by atoms with van der Waals surface area (Å²) in [5, 5.41) is 4.86. The Balaban J connectivity index is 1.48. The molecule has 138 valence electrons. The Morgan fingerprint density at radius 2 is 2.35 bits per heavy atom. The largest absolute Gasteiger partial charge is 0.465 e. The molecule has 2 unspecified atom stereocenters. The van der Waals surface area contributed by atoms with Gasteiger partial charge in [-0.3, -0.25) is 14.4 Å². The lowest BCUT2D eigenvalue weighted by Gasteiger charge is -2.23. The molecule has 2 fully saturated rings. The molecule has 4 rings (SSSR count). The highest BCUT2D eigenvalue weighted by Gasteiger charge is 2.66. The number of carbonyl (C=O) groups is 3. The number of fused-ring (bicyclic) bond motifs is 1. The van der Waals surface area contributed by atoms with E-state index in [4.69, 9.17) is 9.47 Å². The van der Waals surface area contributed by atoms with E-state index in [9.17, 15) is 14.4 Å². The summed E-state index contributed by atoms with van der Waals surface area (Å²) in [6.07, 6.45) is 3.33. The van der Waals surface area contributed by atoms with Crippen molar-refractivity contribution in [1.29, 1.82) is 0 Å². The molecule has 0 aromatic carbocycles. The van der Waals surface area contributed by atoms with E-state index in [-0.39, 0.29) is 31.5 Å². The highest BCUT2D eigenvalue weighted by Crippen LogP contribution is 2.51. The van der Waals surface area contributed by atoms with E-state index in [1.807, 2.05) is 29.7 Å². The van der Waals surface area contributed by atoms with Gasteiger partial charge in [-0.15, -0.1) is 11.3 Å². The van der Waals surface area contributed by atoms with E-state index in [0.717, 1.165) is 4.88 Å².